The van der Waals surface area contributed by atoms with Crippen LogP contribution < -0.4 is 19.5 Å². The number of likely N-dealkylation sites (N-methyl/N-ethyl adjacent to an activating group) is 1. The van der Waals surface area contributed by atoms with E-state index in [2.05, 4.69) is 5.32 Å². The van der Waals surface area contributed by atoms with Gasteiger partial charge in [-0.3, -0.25) is 4.79 Å². The number of nitrogens with one attached hydrogen (secondary N) is 1. The fraction of sp³-hybridized carbons (Fsp3) is 0.562. The van der Waals surface area contributed by atoms with Crippen molar-refractivity contribution in [2.45, 2.75) is 18.9 Å². The van der Waals surface area contributed by atoms with Crippen LogP contribution in [0.25, 0.3) is 0 Å². The van der Waals surface area contributed by atoms with Crippen LogP contribution in [0.5, 0.6) is 17.2 Å². The molecule has 7 heteroatoms. The van der Waals surface area contributed by atoms with Gasteiger partial charge >= 0.3 is 0 Å². The topological polar surface area (TPSA) is 60.0 Å². The molecular formula is C16H25ClN2O4. The number of rotatable bonds is 5. The molecule has 1 saturated heterocycles. The van der Waals surface area contributed by atoms with E-state index < -0.39 is 0 Å². The van der Waals surface area contributed by atoms with Crippen molar-refractivity contribution in [2.75, 3.05) is 41.5 Å². The maximum atomic E-state index is 12.8. The molecule has 0 aromatic heterocycles. The number of piperidine rings is 1. The van der Waals surface area contributed by atoms with E-state index in [0.717, 1.165) is 19.4 Å². The van der Waals surface area contributed by atoms with E-state index in [-0.39, 0.29) is 18.3 Å². The molecule has 1 heterocycles. The Kier molecular flexibility index (Phi) is 7.45. The number of carbonyl (C=O) groups excluding carboxylic acids is 1. The van der Waals surface area contributed by atoms with Crippen molar-refractivity contribution in [1.82, 2.24) is 10.2 Å². The van der Waals surface area contributed by atoms with Gasteiger partial charge in [-0.05, 0) is 32.0 Å². The molecule has 23 heavy (non-hydrogen) atoms. The van der Waals surface area contributed by atoms with Crippen LogP contribution in [0.3, 0.4) is 0 Å². The molecule has 1 aliphatic heterocycles. The van der Waals surface area contributed by atoms with E-state index in [1.54, 1.807) is 19.2 Å². The number of benzene rings is 1. The van der Waals surface area contributed by atoms with Crippen LogP contribution in [-0.4, -0.2) is 58.3 Å². The number of halogens is 1. The van der Waals surface area contributed by atoms with Gasteiger partial charge in [0.05, 0.1) is 26.9 Å². The van der Waals surface area contributed by atoms with Crippen molar-refractivity contribution in [2.24, 2.45) is 0 Å². The molecule has 1 fully saturated rings. The first-order chi connectivity index (χ1) is 10.7. The zero-order valence-corrected chi connectivity index (χ0v) is 14.9. The summed E-state index contributed by atoms with van der Waals surface area (Å²) in [5.41, 5.74) is 0.497. The van der Waals surface area contributed by atoms with Crippen molar-refractivity contribution in [3.63, 3.8) is 0 Å². The largest absolute Gasteiger partial charge is 0.493 e. The highest BCUT2D eigenvalue weighted by molar-refractivity contribution is 5.98. The zero-order valence-electron chi connectivity index (χ0n) is 14.0. The van der Waals surface area contributed by atoms with Crippen LogP contribution in [0.2, 0.25) is 0 Å². The third kappa shape index (κ3) is 4.00. The molecule has 1 amide bonds. The molecule has 0 saturated carbocycles. The molecule has 1 N–H and O–H groups in total. The molecule has 0 bridgehead atoms. The van der Waals surface area contributed by atoms with E-state index in [0.29, 0.717) is 35.4 Å². The predicted molar refractivity (Wildman–Crippen MR) is 91.3 cm³/mol. The van der Waals surface area contributed by atoms with Crippen molar-refractivity contribution in [3.8, 4) is 17.2 Å². The zero-order chi connectivity index (χ0) is 16.1. The molecule has 1 atom stereocenters. The Morgan fingerprint density at radius 2 is 1.87 bits per heavy atom. The minimum absolute atomic E-state index is 0. The Morgan fingerprint density at radius 3 is 2.43 bits per heavy atom. The van der Waals surface area contributed by atoms with Gasteiger partial charge in [-0.25, -0.2) is 0 Å². The normalized spacial score (nSPS) is 17.2. The van der Waals surface area contributed by atoms with Crippen molar-refractivity contribution >= 4 is 18.3 Å². The highest BCUT2D eigenvalue weighted by Crippen LogP contribution is 2.40. The molecular weight excluding hydrogens is 320 g/mol. The van der Waals surface area contributed by atoms with E-state index in [4.69, 9.17) is 14.2 Å². The summed E-state index contributed by atoms with van der Waals surface area (Å²) in [6.07, 6.45) is 2.08. The van der Waals surface area contributed by atoms with E-state index in [1.165, 1.54) is 14.2 Å². The molecule has 2 rings (SSSR count). The van der Waals surface area contributed by atoms with Crippen LogP contribution in [0.1, 0.15) is 23.2 Å². The number of amides is 1. The van der Waals surface area contributed by atoms with Crippen molar-refractivity contribution in [1.29, 1.82) is 0 Å². The molecule has 1 aromatic carbocycles. The molecule has 1 aliphatic rings. The maximum absolute atomic E-state index is 12.8. The molecule has 0 aliphatic carbocycles. The van der Waals surface area contributed by atoms with Gasteiger partial charge in [0.1, 0.15) is 0 Å². The van der Waals surface area contributed by atoms with Gasteiger partial charge in [0, 0.05) is 19.1 Å². The number of hydrogen-bond donors (Lipinski definition) is 1. The molecule has 0 radical (unpaired) electrons. The molecule has 130 valence electrons. The summed E-state index contributed by atoms with van der Waals surface area (Å²) in [6, 6.07) is 3.79. The smallest absolute Gasteiger partial charge is 0.257 e. The predicted octanol–water partition coefficient (Wildman–Crippen LogP) is 1.96. The third-order valence-electron chi connectivity index (χ3n) is 4.05. The van der Waals surface area contributed by atoms with E-state index in [9.17, 15) is 4.79 Å². The second-order valence-corrected chi connectivity index (χ2v) is 5.26. The first-order valence-electron chi connectivity index (χ1n) is 7.41. The SMILES string of the molecule is CNC1CCCN(C(=O)c2ccc(OC)c(OC)c2OC)C1.Cl. The lowest BCUT2D eigenvalue weighted by atomic mass is 10.0. The fourth-order valence-corrected chi connectivity index (χ4v) is 2.84. The average Bonchev–Trinajstić information content (AvgIpc) is 2.59. The van der Waals surface area contributed by atoms with Gasteiger partial charge < -0.3 is 24.4 Å². The minimum atomic E-state index is -0.0437. The minimum Gasteiger partial charge on any atom is -0.493 e. The van der Waals surface area contributed by atoms with Crippen molar-refractivity contribution < 1.29 is 19.0 Å². The Balaban J connectivity index is 0.00000264. The highest BCUT2D eigenvalue weighted by atomic mass is 35.5. The van der Waals surface area contributed by atoms with Gasteiger partial charge in [-0.15, -0.1) is 12.4 Å². The standard InChI is InChI=1S/C16H24N2O4.ClH/c1-17-11-6-5-9-18(10-11)16(19)12-7-8-13(20-2)15(22-4)14(12)21-3;/h7-8,11,17H,5-6,9-10H2,1-4H3;1H. The lowest BCUT2D eigenvalue weighted by Crippen LogP contribution is -2.47. The monoisotopic (exact) mass is 344 g/mol. The first kappa shape index (κ1) is 19.4. The molecule has 1 unspecified atom stereocenters. The van der Waals surface area contributed by atoms with Crippen LogP contribution >= 0.6 is 12.4 Å². The third-order valence-corrected chi connectivity index (χ3v) is 4.05. The Hall–Kier alpha value is -1.66. The van der Waals surface area contributed by atoms with Gasteiger partial charge in [0.25, 0.3) is 5.91 Å². The molecule has 1 aromatic rings. The fourth-order valence-electron chi connectivity index (χ4n) is 2.84. The summed E-state index contributed by atoms with van der Waals surface area (Å²) < 4.78 is 16.0. The number of carbonyl (C=O) groups is 1. The van der Waals surface area contributed by atoms with Gasteiger partial charge in [0.2, 0.25) is 5.75 Å². The Bertz CT molecular complexity index is 539. The average molecular weight is 345 g/mol. The van der Waals surface area contributed by atoms with E-state index in [1.807, 2.05) is 11.9 Å². The first-order valence-corrected chi connectivity index (χ1v) is 7.41. The van der Waals surface area contributed by atoms with Crippen LogP contribution in [0.4, 0.5) is 0 Å². The number of likely N-dealkylation sites (tertiary alicyclic amines) is 1. The van der Waals surface area contributed by atoms with Crippen LogP contribution in [0.15, 0.2) is 12.1 Å². The highest BCUT2D eigenvalue weighted by Gasteiger charge is 2.27. The second-order valence-electron chi connectivity index (χ2n) is 5.26. The summed E-state index contributed by atoms with van der Waals surface area (Å²) in [4.78, 5) is 14.7. The van der Waals surface area contributed by atoms with Gasteiger partial charge in [-0.2, -0.15) is 0 Å². The lowest BCUT2D eigenvalue weighted by Gasteiger charge is -2.33. The van der Waals surface area contributed by atoms with Crippen LogP contribution in [-0.2, 0) is 0 Å². The lowest BCUT2D eigenvalue weighted by molar-refractivity contribution is 0.0694. The summed E-state index contributed by atoms with van der Waals surface area (Å²) in [5, 5.41) is 3.24. The van der Waals surface area contributed by atoms with Gasteiger partial charge in [0.15, 0.2) is 11.5 Å². The Labute approximate surface area is 143 Å². The van der Waals surface area contributed by atoms with Crippen molar-refractivity contribution in [3.05, 3.63) is 17.7 Å². The van der Waals surface area contributed by atoms with E-state index >= 15 is 0 Å². The number of nitrogens with zero attached hydrogens (tertiary/aromatic N) is 1. The number of ether oxygens (including phenoxy) is 3. The summed E-state index contributed by atoms with van der Waals surface area (Å²) >= 11 is 0. The Morgan fingerprint density at radius 1 is 1.17 bits per heavy atom. The summed E-state index contributed by atoms with van der Waals surface area (Å²) in [5.74, 6) is 1.36. The summed E-state index contributed by atoms with van der Waals surface area (Å²) in [7, 11) is 6.55. The summed E-state index contributed by atoms with van der Waals surface area (Å²) in [6.45, 7) is 1.46. The second kappa shape index (κ2) is 8.84. The quantitative estimate of drug-likeness (QED) is 0.884. The van der Waals surface area contributed by atoms with Crippen LogP contribution in [0, 0.1) is 0 Å². The number of hydrogen-bond acceptors (Lipinski definition) is 5. The maximum Gasteiger partial charge on any atom is 0.257 e. The molecule has 0 spiro atoms. The molecule has 6 nitrogen and oxygen atoms in total. The number of methoxy groups -OCH3 is 3. The van der Waals surface area contributed by atoms with Gasteiger partial charge in [-0.1, -0.05) is 0 Å².